The average Bonchev–Trinajstić information content (AvgIpc) is 3.12. The number of aromatic nitrogens is 1. The van der Waals surface area contributed by atoms with Gasteiger partial charge in [-0.25, -0.2) is 13.4 Å². The first-order valence-electron chi connectivity index (χ1n) is 9.01. The standard InChI is InChI=1S/C20H25N3O2S.2ClH/c1-14-6-4-5-7-17(14)20-18-13-23(12-15(18)11-22(20)2)19-9-8-16(10-21-19)26(3,24)25;;/h4-10,15,18,20H,11-13H2,1-3H3;2*1H/t15-,18+,20-;;/m0../s1. The van der Waals surface area contributed by atoms with Gasteiger partial charge in [0.2, 0.25) is 0 Å². The maximum Gasteiger partial charge on any atom is 0.177 e. The average molecular weight is 444 g/mol. The van der Waals surface area contributed by atoms with Gasteiger partial charge in [0.05, 0.1) is 4.90 Å². The van der Waals surface area contributed by atoms with E-state index < -0.39 is 9.84 Å². The zero-order chi connectivity index (χ0) is 18.5. The van der Waals surface area contributed by atoms with Crippen LogP contribution in [-0.4, -0.2) is 51.2 Å². The highest BCUT2D eigenvalue weighted by Crippen LogP contribution is 2.45. The Kier molecular flexibility index (Phi) is 7.03. The number of hydrogen-bond acceptors (Lipinski definition) is 5. The number of anilines is 1. The van der Waals surface area contributed by atoms with Gasteiger partial charge in [0.1, 0.15) is 5.82 Å². The number of hydrogen-bond donors (Lipinski definition) is 0. The van der Waals surface area contributed by atoms with Crippen LogP contribution >= 0.6 is 24.8 Å². The van der Waals surface area contributed by atoms with Gasteiger partial charge in [-0.15, -0.1) is 24.8 Å². The van der Waals surface area contributed by atoms with Crippen molar-refractivity contribution in [2.75, 3.05) is 37.8 Å². The number of nitrogens with zero attached hydrogens (tertiary/aromatic N) is 3. The van der Waals surface area contributed by atoms with Gasteiger partial charge in [-0.05, 0) is 43.1 Å². The van der Waals surface area contributed by atoms with Gasteiger partial charge in [-0.2, -0.15) is 0 Å². The minimum atomic E-state index is -3.20. The molecule has 0 radical (unpaired) electrons. The summed E-state index contributed by atoms with van der Waals surface area (Å²) in [5.74, 6) is 2.05. The molecule has 0 unspecified atom stereocenters. The van der Waals surface area contributed by atoms with Gasteiger partial charge in [0.15, 0.2) is 9.84 Å². The Morgan fingerprint density at radius 1 is 1.04 bits per heavy atom. The Hall–Kier alpha value is -1.34. The predicted octanol–water partition coefficient (Wildman–Crippen LogP) is 3.38. The highest BCUT2D eigenvalue weighted by Gasteiger charge is 2.46. The monoisotopic (exact) mass is 443 g/mol. The lowest BCUT2D eigenvalue weighted by atomic mass is 9.88. The van der Waals surface area contributed by atoms with E-state index in [1.807, 2.05) is 6.07 Å². The fourth-order valence-electron chi connectivity index (χ4n) is 4.61. The second-order valence-electron chi connectivity index (χ2n) is 7.69. The summed E-state index contributed by atoms with van der Waals surface area (Å²) in [5, 5.41) is 0. The highest BCUT2D eigenvalue weighted by atomic mass is 35.5. The fourth-order valence-corrected chi connectivity index (χ4v) is 5.17. The van der Waals surface area contributed by atoms with Crippen LogP contribution in [0, 0.1) is 18.8 Å². The van der Waals surface area contributed by atoms with E-state index >= 15 is 0 Å². The lowest BCUT2D eigenvalue weighted by molar-refractivity contribution is 0.279. The molecule has 2 aromatic rings. The number of likely N-dealkylation sites (tertiary alicyclic amines) is 1. The van der Waals surface area contributed by atoms with E-state index in [2.05, 4.69) is 53.0 Å². The van der Waals surface area contributed by atoms with Crippen molar-refractivity contribution in [3.63, 3.8) is 0 Å². The minimum Gasteiger partial charge on any atom is -0.356 e. The van der Waals surface area contributed by atoms with E-state index in [4.69, 9.17) is 0 Å². The van der Waals surface area contributed by atoms with Gasteiger partial charge in [0.25, 0.3) is 0 Å². The third kappa shape index (κ3) is 4.15. The molecule has 0 bridgehead atoms. The summed E-state index contributed by atoms with van der Waals surface area (Å²) in [6.07, 6.45) is 2.69. The van der Waals surface area contributed by atoms with Gasteiger partial charge in [0, 0.05) is 44.0 Å². The molecule has 0 N–H and O–H groups in total. The molecule has 154 valence electrons. The molecule has 2 aliphatic rings. The van der Waals surface area contributed by atoms with Crippen molar-refractivity contribution in [2.45, 2.75) is 17.9 Å². The van der Waals surface area contributed by atoms with Crippen molar-refractivity contribution in [2.24, 2.45) is 11.8 Å². The second-order valence-corrected chi connectivity index (χ2v) is 9.71. The summed E-state index contributed by atoms with van der Waals surface area (Å²) >= 11 is 0. The number of fused-ring (bicyclic) bond motifs is 1. The third-order valence-corrected chi connectivity index (χ3v) is 6.97. The van der Waals surface area contributed by atoms with Gasteiger partial charge in [-0.3, -0.25) is 4.90 Å². The van der Waals surface area contributed by atoms with Crippen molar-refractivity contribution in [1.29, 1.82) is 0 Å². The van der Waals surface area contributed by atoms with Crippen molar-refractivity contribution < 1.29 is 8.42 Å². The van der Waals surface area contributed by atoms with Crippen LogP contribution in [0.5, 0.6) is 0 Å². The number of pyridine rings is 1. The van der Waals surface area contributed by atoms with Crippen LogP contribution in [0.1, 0.15) is 17.2 Å². The number of halogens is 2. The Balaban J connectivity index is 0.00000140. The number of sulfone groups is 1. The molecule has 3 atom stereocenters. The van der Waals surface area contributed by atoms with Crippen LogP contribution in [0.4, 0.5) is 5.82 Å². The first-order chi connectivity index (χ1) is 12.3. The first-order valence-corrected chi connectivity index (χ1v) is 10.9. The van der Waals surface area contributed by atoms with Crippen LogP contribution in [0.25, 0.3) is 0 Å². The predicted molar refractivity (Wildman–Crippen MR) is 118 cm³/mol. The maximum absolute atomic E-state index is 11.6. The summed E-state index contributed by atoms with van der Waals surface area (Å²) < 4.78 is 23.3. The van der Waals surface area contributed by atoms with Crippen LogP contribution < -0.4 is 4.90 Å². The summed E-state index contributed by atoms with van der Waals surface area (Å²) in [5.41, 5.74) is 2.77. The number of benzene rings is 1. The maximum atomic E-state index is 11.6. The zero-order valence-electron chi connectivity index (χ0n) is 16.3. The van der Waals surface area contributed by atoms with Crippen molar-refractivity contribution in [1.82, 2.24) is 9.88 Å². The van der Waals surface area contributed by atoms with E-state index in [1.165, 1.54) is 23.6 Å². The lowest BCUT2D eigenvalue weighted by Gasteiger charge is -2.28. The molecule has 0 saturated carbocycles. The van der Waals surface area contributed by atoms with E-state index in [9.17, 15) is 8.42 Å². The molecule has 0 aliphatic carbocycles. The molecule has 1 aromatic carbocycles. The molecule has 8 heteroatoms. The molecule has 2 aliphatic heterocycles. The largest absolute Gasteiger partial charge is 0.356 e. The molecule has 5 nitrogen and oxygen atoms in total. The lowest BCUT2D eigenvalue weighted by Crippen LogP contribution is -2.29. The first kappa shape index (κ1) is 22.9. The molecule has 2 saturated heterocycles. The van der Waals surface area contributed by atoms with Gasteiger partial charge < -0.3 is 4.90 Å². The third-order valence-electron chi connectivity index (χ3n) is 5.87. The Labute approximate surface area is 179 Å². The van der Waals surface area contributed by atoms with Crippen molar-refractivity contribution in [3.05, 3.63) is 53.7 Å². The van der Waals surface area contributed by atoms with E-state index in [1.54, 1.807) is 6.07 Å². The van der Waals surface area contributed by atoms with E-state index in [-0.39, 0.29) is 29.7 Å². The molecule has 0 spiro atoms. The van der Waals surface area contributed by atoms with Gasteiger partial charge >= 0.3 is 0 Å². The number of aryl methyl sites for hydroxylation is 1. The molecule has 0 amide bonds. The molecular weight excluding hydrogens is 417 g/mol. The SMILES string of the molecule is Cc1ccccc1[C@H]1[C@@H]2CN(c3ccc(S(C)(=O)=O)cn3)C[C@@H]2CN1C.Cl.Cl. The quantitative estimate of drug-likeness (QED) is 0.727. The molecule has 3 heterocycles. The summed E-state index contributed by atoms with van der Waals surface area (Å²) in [7, 11) is -0.982. The van der Waals surface area contributed by atoms with Crippen LogP contribution in [0.3, 0.4) is 0 Å². The Morgan fingerprint density at radius 3 is 2.36 bits per heavy atom. The Bertz CT molecular complexity index is 921. The summed E-state index contributed by atoms with van der Waals surface area (Å²) in [4.78, 5) is 9.48. The zero-order valence-corrected chi connectivity index (χ0v) is 18.7. The number of rotatable bonds is 3. The van der Waals surface area contributed by atoms with Crippen LogP contribution in [-0.2, 0) is 9.84 Å². The molecule has 4 rings (SSSR count). The van der Waals surface area contributed by atoms with Crippen LogP contribution in [0.15, 0.2) is 47.5 Å². The summed E-state index contributed by atoms with van der Waals surface area (Å²) in [6, 6.07) is 12.6. The minimum absolute atomic E-state index is 0. The smallest absolute Gasteiger partial charge is 0.177 e. The normalized spacial score (nSPS) is 24.4. The van der Waals surface area contributed by atoms with E-state index in [0.29, 0.717) is 17.9 Å². The van der Waals surface area contributed by atoms with Crippen molar-refractivity contribution >= 4 is 40.5 Å². The topological polar surface area (TPSA) is 53.5 Å². The summed E-state index contributed by atoms with van der Waals surface area (Å²) in [6.45, 7) is 5.21. The molecule has 2 fully saturated rings. The highest BCUT2D eigenvalue weighted by molar-refractivity contribution is 7.90. The van der Waals surface area contributed by atoms with Crippen molar-refractivity contribution in [3.8, 4) is 0 Å². The molecular formula is C20H27Cl2N3O2S. The van der Waals surface area contributed by atoms with E-state index in [0.717, 1.165) is 25.5 Å². The molecule has 1 aromatic heterocycles. The second kappa shape index (κ2) is 8.57. The molecule has 28 heavy (non-hydrogen) atoms. The van der Waals surface area contributed by atoms with Gasteiger partial charge in [-0.1, -0.05) is 24.3 Å². The fraction of sp³-hybridized carbons (Fsp3) is 0.450. The Morgan fingerprint density at radius 2 is 1.75 bits per heavy atom. The van der Waals surface area contributed by atoms with Crippen LogP contribution in [0.2, 0.25) is 0 Å².